The van der Waals surface area contributed by atoms with Crippen LogP contribution in [-0.2, 0) is 6.54 Å². The molecule has 0 unspecified atom stereocenters. The Kier molecular flexibility index (Phi) is 7.76. The fourth-order valence-electron chi connectivity index (χ4n) is 2.88. The topological polar surface area (TPSA) is 24.5 Å². The zero-order chi connectivity index (χ0) is 15.7. The van der Waals surface area contributed by atoms with Crippen molar-refractivity contribution in [1.82, 2.24) is 10.2 Å². The zero-order valence-electron chi connectivity index (χ0n) is 14.4. The summed E-state index contributed by atoms with van der Waals surface area (Å²) in [6.45, 7) is 11.0. The molecule has 0 saturated carbocycles. The molecular weight excluding hydrogens is 260 g/mol. The molecule has 0 heterocycles. The number of rotatable bonds is 10. The fraction of sp³-hybridized carbons (Fsp3) is 0.667. The van der Waals surface area contributed by atoms with Gasteiger partial charge in [0.2, 0.25) is 0 Å². The number of ether oxygens (including phenoxy) is 1. The van der Waals surface area contributed by atoms with Gasteiger partial charge in [-0.05, 0) is 49.5 Å². The number of nitrogens with one attached hydrogen (secondary N) is 1. The Bertz CT molecular complexity index is 402. The van der Waals surface area contributed by atoms with E-state index < -0.39 is 0 Å². The van der Waals surface area contributed by atoms with E-state index in [0.29, 0.717) is 5.41 Å². The van der Waals surface area contributed by atoms with E-state index in [4.69, 9.17) is 4.74 Å². The van der Waals surface area contributed by atoms with Crippen molar-refractivity contribution < 1.29 is 4.74 Å². The van der Waals surface area contributed by atoms with Gasteiger partial charge in [0, 0.05) is 19.6 Å². The number of hydrogen-bond donors (Lipinski definition) is 1. The summed E-state index contributed by atoms with van der Waals surface area (Å²) >= 11 is 0. The van der Waals surface area contributed by atoms with E-state index in [0.717, 1.165) is 31.9 Å². The quantitative estimate of drug-likeness (QED) is 0.714. The molecule has 0 fully saturated rings. The van der Waals surface area contributed by atoms with Crippen LogP contribution in [0.5, 0.6) is 5.75 Å². The summed E-state index contributed by atoms with van der Waals surface area (Å²) in [6.07, 6.45) is 2.41. The number of benzene rings is 1. The predicted molar refractivity (Wildman–Crippen MR) is 90.9 cm³/mol. The molecule has 0 aliphatic heterocycles. The van der Waals surface area contributed by atoms with Gasteiger partial charge in [-0.25, -0.2) is 0 Å². The standard InChI is InChI=1S/C18H32N2O/c1-6-18(7-2,14-19-8-3)15-20(4)13-16-10-9-11-17(12-16)21-5/h9-12,19H,6-8,13-15H2,1-5H3. The Morgan fingerprint density at radius 3 is 2.48 bits per heavy atom. The number of hydrogen-bond acceptors (Lipinski definition) is 3. The highest BCUT2D eigenvalue weighted by molar-refractivity contribution is 5.28. The predicted octanol–water partition coefficient (Wildman–Crippen LogP) is 3.54. The van der Waals surface area contributed by atoms with Crippen molar-refractivity contribution in [2.24, 2.45) is 5.41 Å². The average molecular weight is 292 g/mol. The molecule has 0 bridgehead atoms. The highest BCUT2D eigenvalue weighted by Crippen LogP contribution is 2.27. The molecule has 1 rings (SSSR count). The van der Waals surface area contributed by atoms with Gasteiger partial charge in [0.05, 0.1) is 7.11 Å². The maximum Gasteiger partial charge on any atom is 0.119 e. The Balaban J connectivity index is 2.66. The van der Waals surface area contributed by atoms with Gasteiger partial charge in [0.15, 0.2) is 0 Å². The van der Waals surface area contributed by atoms with Gasteiger partial charge in [-0.15, -0.1) is 0 Å². The van der Waals surface area contributed by atoms with E-state index in [1.54, 1.807) is 7.11 Å². The SMILES string of the molecule is CCNCC(CC)(CC)CN(C)Cc1cccc(OC)c1. The second-order valence-corrected chi connectivity index (χ2v) is 6.01. The number of nitrogens with zero attached hydrogens (tertiary/aromatic N) is 1. The third-order valence-corrected chi connectivity index (χ3v) is 4.44. The monoisotopic (exact) mass is 292 g/mol. The highest BCUT2D eigenvalue weighted by Gasteiger charge is 2.27. The van der Waals surface area contributed by atoms with Crippen molar-refractivity contribution in [3.05, 3.63) is 29.8 Å². The molecule has 3 heteroatoms. The average Bonchev–Trinajstić information content (AvgIpc) is 2.51. The van der Waals surface area contributed by atoms with Gasteiger partial charge >= 0.3 is 0 Å². The zero-order valence-corrected chi connectivity index (χ0v) is 14.4. The molecule has 0 aromatic heterocycles. The Morgan fingerprint density at radius 2 is 1.90 bits per heavy atom. The van der Waals surface area contributed by atoms with E-state index >= 15 is 0 Å². The minimum absolute atomic E-state index is 0.365. The number of methoxy groups -OCH3 is 1. The lowest BCUT2D eigenvalue weighted by Gasteiger charge is -2.36. The van der Waals surface area contributed by atoms with Gasteiger partial charge in [0.25, 0.3) is 0 Å². The lowest BCUT2D eigenvalue weighted by atomic mass is 9.81. The van der Waals surface area contributed by atoms with Crippen LogP contribution in [0.2, 0.25) is 0 Å². The molecule has 1 N–H and O–H groups in total. The molecule has 0 aliphatic rings. The Labute approximate surface area is 130 Å². The van der Waals surface area contributed by atoms with Gasteiger partial charge in [-0.3, -0.25) is 0 Å². The largest absolute Gasteiger partial charge is 0.497 e. The summed E-state index contributed by atoms with van der Waals surface area (Å²) in [5.74, 6) is 0.936. The molecule has 1 aromatic rings. The summed E-state index contributed by atoms with van der Waals surface area (Å²) in [5.41, 5.74) is 1.67. The molecule has 3 nitrogen and oxygen atoms in total. The first-order valence-corrected chi connectivity index (χ1v) is 8.11. The first kappa shape index (κ1) is 18.0. The first-order valence-electron chi connectivity index (χ1n) is 8.11. The smallest absolute Gasteiger partial charge is 0.119 e. The lowest BCUT2D eigenvalue weighted by molar-refractivity contribution is 0.151. The maximum absolute atomic E-state index is 5.30. The van der Waals surface area contributed by atoms with E-state index in [1.165, 1.54) is 18.4 Å². The molecule has 21 heavy (non-hydrogen) atoms. The summed E-state index contributed by atoms with van der Waals surface area (Å²) in [4.78, 5) is 2.43. The van der Waals surface area contributed by atoms with Crippen LogP contribution in [0.4, 0.5) is 0 Å². The third-order valence-electron chi connectivity index (χ3n) is 4.44. The van der Waals surface area contributed by atoms with Crippen molar-refractivity contribution in [3.8, 4) is 5.75 Å². The minimum Gasteiger partial charge on any atom is -0.497 e. The molecule has 1 aromatic carbocycles. The summed E-state index contributed by atoms with van der Waals surface area (Å²) in [7, 11) is 3.93. The second kappa shape index (κ2) is 9.06. The molecule has 0 spiro atoms. The molecule has 0 aliphatic carbocycles. The van der Waals surface area contributed by atoms with Crippen molar-refractivity contribution in [1.29, 1.82) is 0 Å². The van der Waals surface area contributed by atoms with E-state index in [1.807, 2.05) is 6.07 Å². The van der Waals surface area contributed by atoms with Crippen LogP contribution in [0.3, 0.4) is 0 Å². The van der Waals surface area contributed by atoms with E-state index in [9.17, 15) is 0 Å². The molecule has 0 atom stereocenters. The van der Waals surface area contributed by atoms with Crippen LogP contribution in [0.15, 0.2) is 24.3 Å². The van der Waals surface area contributed by atoms with Gasteiger partial charge in [-0.2, -0.15) is 0 Å². The van der Waals surface area contributed by atoms with E-state index in [2.05, 4.69) is 56.2 Å². The van der Waals surface area contributed by atoms with Crippen LogP contribution >= 0.6 is 0 Å². The van der Waals surface area contributed by atoms with Crippen molar-refractivity contribution >= 4 is 0 Å². The third kappa shape index (κ3) is 5.68. The van der Waals surface area contributed by atoms with Gasteiger partial charge < -0.3 is 15.0 Å². The van der Waals surface area contributed by atoms with Crippen LogP contribution in [0.1, 0.15) is 39.2 Å². The summed E-state index contributed by atoms with van der Waals surface area (Å²) in [6, 6.07) is 8.35. The molecule has 0 saturated heterocycles. The highest BCUT2D eigenvalue weighted by atomic mass is 16.5. The van der Waals surface area contributed by atoms with Crippen LogP contribution in [0, 0.1) is 5.41 Å². The van der Waals surface area contributed by atoms with Crippen molar-refractivity contribution in [2.45, 2.75) is 40.2 Å². The molecular formula is C18H32N2O. The summed E-state index contributed by atoms with van der Waals surface area (Å²) in [5, 5.41) is 3.53. The van der Waals surface area contributed by atoms with Gasteiger partial charge in [0.1, 0.15) is 5.75 Å². The Morgan fingerprint density at radius 1 is 1.19 bits per heavy atom. The fourth-order valence-corrected chi connectivity index (χ4v) is 2.88. The minimum atomic E-state index is 0.365. The summed E-state index contributed by atoms with van der Waals surface area (Å²) < 4.78 is 5.30. The van der Waals surface area contributed by atoms with Crippen LogP contribution in [-0.4, -0.2) is 38.7 Å². The van der Waals surface area contributed by atoms with Crippen molar-refractivity contribution in [3.63, 3.8) is 0 Å². The molecule has 0 amide bonds. The van der Waals surface area contributed by atoms with Gasteiger partial charge in [-0.1, -0.05) is 32.9 Å². The second-order valence-electron chi connectivity index (χ2n) is 6.01. The van der Waals surface area contributed by atoms with E-state index in [-0.39, 0.29) is 0 Å². The lowest BCUT2D eigenvalue weighted by Crippen LogP contribution is -2.42. The molecule has 120 valence electrons. The maximum atomic E-state index is 5.30. The Hall–Kier alpha value is -1.06. The first-order chi connectivity index (χ1) is 10.1. The normalized spacial score (nSPS) is 11.9. The molecule has 0 radical (unpaired) electrons. The van der Waals surface area contributed by atoms with Crippen LogP contribution in [0.25, 0.3) is 0 Å². The van der Waals surface area contributed by atoms with Crippen molar-refractivity contribution in [2.75, 3.05) is 33.8 Å². The van der Waals surface area contributed by atoms with Crippen LogP contribution < -0.4 is 10.1 Å².